The van der Waals surface area contributed by atoms with E-state index in [9.17, 15) is 4.79 Å². The van der Waals surface area contributed by atoms with Crippen LogP contribution in [0.1, 0.15) is 28.8 Å². The third-order valence-electron chi connectivity index (χ3n) is 7.19. The Labute approximate surface area is 196 Å². The SMILES string of the molecule is COc1ccc(Cn2c(=O)n3ncnc3c3c(C)c(CN4CCN5CCC[C@H]5C4)sc32)cc1. The Morgan fingerprint density at radius 3 is 2.82 bits per heavy atom. The Hall–Kier alpha value is -2.75. The van der Waals surface area contributed by atoms with Crippen molar-refractivity contribution in [2.75, 3.05) is 33.3 Å². The van der Waals surface area contributed by atoms with Crippen molar-refractivity contribution in [3.8, 4) is 5.75 Å². The minimum Gasteiger partial charge on any atom is -0.497 e. The molecule has 0 N–H and O–H groups in total. The summed E-state index contributed by atoms with van der Waals surface area (Å²) >= 11 is 1.73. The van der Waals surface area contributed by atoms with Crippen molar-refractivity contribution < 1.29 is 4.74 Å². The Kier molecular flexibility index (Phi) is 5.20. The summed E-state index contributed by atoms with van der Waals surface area (Å²) in [5, 5.41) is 5.28. The number of methoxy groups -OCH3 is 1. The maximum atomic E-state index is 13.4. The number of aromatic nitrogens is 4. The first-order chi connectivity index (χ1) is 16.1. The zero-order valence-corrected chi connectivity index (χ0v) is 19.8. The van der Waals surface area contributed by atoms with Crippen LogP contribution in [0.15, 0.2) is 35.4 Å². The van der Waals surface area contributed by atoms with Crippen LogP contribution in [-0.2, 0) is 13.1 Å². The quantitative estimate of drug-likeness (QED) is 0.453. The molecule has 0 unspecified atom stereocenters. The number of fused-ring (bicyclic) bond motifs is 4. The van der Waals surface area contributed by atoms with Gasteiger partial charge in [0.2, 0.25) is 0 Å². The van der Waals surface area contributed by atoms with Crippen LogP contribution >= 0.6 is 11.3 Å². The van der Waals surface area contributed by atoms with Gasteiger partial charge < -0.3 is 4.74 Å². The largest absolute Gasteiger partial charge is 0.497 e. The smallest absolute Gasteiger partial charge is 0.352 e. The molecule has 4 aromatic rings. The zero-order chi connectivity index (χ0) is 22.5. The Balaban J connectivity index is 1.40. The number of piperazine rings is 1. The van der Waals surface area contributed by atoms with Crippen molar-refractivity contribution in [2.45, 2.75) is 38.9 Å². The number of nitrogens with zero attached hydrogens (tertiary/aromatic N) is 6. The van der Waals surface area contributed by atoms with Gasteiger partial charge >= 0.3 is 5.69 Å². The van der Waals surface area contributed by atoms with Gasteiger partial charge in [0, 0.05) is 37.1 Å². The third kappa shape index (κ3) is 3.55. The molecule has 2 aliphatic heterocycles. The van der Waals surface area contributed by atoms with Gasteiger partial charge in [-0.15, -0.1) is 11.3 Å². The predicted molar refractivity (Wildman–Crippen MR) is 129 cm³/mol. The molecule has 0 spiro atoms. The normalized spacial score (nSPS) is 19.5. The summed E-state index contributed by atoms with van der Waals surface area (Å²) in [6, 6.07) is 8.57. The average molecular weight is 465 g/mol. The van der Waals surface area contributed by atoms with E-state index in [-0.39, 0.29) is 5.69 Å². The summed E-state index contributed by atoms with van der Waals surface area (Å²) in [5.74, 6) is 0.805. The molecule has 6 rings (SSSR count). The van der Waals surface area contributed by atoms with Gasteiger partial charge in [-0.25, -0.2) is 9.78 Å². The third-order valence-corrected chi connectivity index (χ3v) is 8.49. The van der Waals surface area contributed by atoms with Gasteiger partial charge in [0.1, 0.15) is 16.9 Å². The van der Waals surface area contributed by atoms with E-state index in [0.717, 1.165) is 47.7 Å². The van der Waals surface area contributed by atoms with Gasteiger partial charge in [-0.3, -0.25) is 14.4 Å². The van der Waals surface area contributed by atoms with E-state index in [4.69, 9.17) is 4.74 Å². The van der Waals surface area contributed by atoms with E-state index in [2.05, 4.69) is 26.8 Å². The Morgan fingerprint density at radius 1 is 1.15 bits per heavy atom. The molecule has 0 radical (unpaired) electrons. The van der Waals surface area contributed by atoms with Crippen LogP contribution in [0.2, 0.25) is 0 Å². The number of thiophene rings is 1. The maximum absolute atomic E-state index is 13.4. The van der Waals surface area contributed by atoms with Crippen LogP contribution < -0.4 is 10.4 Å². The highest BCUT2D eigenvalue weighted by Gasteiger charge is 2.31. The molecule has 0 amide bonds. The maximum Gasteiger partial charge on any atom is 0.352 e. The number of ether oxygens (including phenoxy) is 1. The summed E-state index contributed by atoms with van der Waals surface area (Å²) in [5.41, 5.74) is 2.76. The predicted octanol–water partition coefficient (Wildman–Crippen LogP) is 2.75. The molecular formula is C24H28N6O2S. The van der Waals surface area contributed by atoms with Gasteiger partial charge in [-0.1, -0.05) is 12.1 Å². The zero-order valence-electron chi connectivity index (χ0n) is 19.0. The van der Waals surface area contributed by atoms with Crippen molar-refractivity contribution in [1.29, 1.82) is 0 Å². The Bertz CT molecular complexity index is 1370. The molecule has 33 heavy (non-hydrogen) atoms. The van der Waals surface area contributed by atoms with Crippen LogP contribution in [0.25, 0.3) is 15.9 Å². The summed E-state index contributed by atoms with van der Waals surface area (Å²) in [6.45, 7) is 8.21. The van der Waals surface area contributed by atoms with Crippen molar-refractivity contribution in [2.24, 2.45) is 0 Å². The summed E-state index contributed by atoms with van der Waals surface area (Å²) in [6.07, 6.45) is 4.11. The van der Waals surface area contributed by atoms with Crippen LogP contribution in [0.3, 0.4) is 0 Å². The minimum absolute atomic E-state index is 0.154. The molecule has 1 atom stereocenters. The highest BCUT2D eigenvalue weighted by atomic mass is 32.1. The molecule has 9 heteroatoms. The van der Waals surface area contributed by atoms with Gasteiger partial charge in [0.15, 0.2) is 5.65 Å². The molecular weight excluding hydrogens is 436 g/mol. The number of benzene rings is 1. The first kappa shape index (κ1) is 20.8. The lowest BCUT2D eigenvalue weighted by Gasteiger charge is -2.37. The number of hydrogen-bond acceptors (Lipinski definition) is 7. The van der Waals surface area contributed by atoms with Gasteiger partial charge in [-0.2, -0.15) is 9.61 Å². The Morgan fingerprint density at radius 2 is 2.00 bits per heavy atom. The molecule has 2 saturated heterocycles. The van der Waals surface area contributed by atoms with Gasteiger partial charge in [0.05, 0.1) is 19.0 Å². The summed E-state index contributed by atoms with van der Waals surface area (Å²) in [4.78, 5) is 25.3. The van der Waals surface area contributed by atoms with E-state index in [1.54, 1.807) is 18.4 Å². The second-order valence-electron chi connectivity index (χ2n) is 9.11. The minimum atomic E-state index is -0.154. The fourth-order valence-electron chi connectivity index (χ4n) is 5.36. The van der Waals surface area contributed by atoms with Crippen molar-refractivity contribution in [3.05, 3.63) is 57.1 Å². The summed E-state index contributed by atoms with van der Waals surface area (Å²) in [7, 11) is 1.66. The molecule has 8 nitrogen and oxygen atoms in total. The number of aryl methyl sites for hydroxylation is 1. The second-order valence-corrected chi connectivity index (χ2v) is 10.2. The number of rotatable bonds is 5. The van der Waals surface area contributed by atoms with Crippen molar-refractivity contribution in [1.82, 2.24) is 29.0 Å². The van der Waals surface area contributed by atoms with E-state index in [1.807, 2.05) is 28.8 Å². The molecule has 172 valence electrons. The molecule has 3 aromatic heterocycles. The molecule has 2 aliphatic rings. The van der Waals surface area contributed by atoms with Crippen LogP contribution in [0, 0.1) is 6.92 Å². The fourth-order valence-corrected chi connectivity index (χ4v) is 6.69. The van der Waals surface area contributed by atoms with Crippen LogP contribution in [0.4, 0.5) is 0 Å². The highest BCUT2D eigenvalue weighted by molar-refractivity contribution is 7.19. The fraction of sp³-hybridized carbons (Fsp3) is 0.458. The first-order valence-corrected chi connectivity index (χ1v) is 12.4. The molecule has 0 bridgehead atoms. The van der Waals surface area contributed by atoms with Crippen LogP contribution in [0.5, 0.6) is 5.75 Å². The van der Waals surface area contributed by atoms with E-state index < -0.39 is 0 Å². The molecule has 0 aliphatic carbocycles. The molecule has 2 fully saturated rings. The topological polar surface area (TPSA) is 67.9 Å². The molecule has 1 aromatic carbocycles. The summed E-state index contributed by atoms with van der Waals surface area (Å²) < 4.78 is 8.56. The van der Waals surface area contributed by atoms with Crippen molar-refractivity contribution in [3.63, 3.8) is 0 Å². The number of hydrogen-bond donors (Lipinski definition) is 0. The average Bonchev–Trinajstić information content (AvgIpc) is 3.56. The van der Waals surface area contributed by atoms with Gasteiger partial charge in [-0.05, 0) is 49.6 Å². The second kappa shape index (κ2) is 8.23. The van der Waals surface area contributed by atoms with Crippen LogP contribution in [-0.4, -0.2) is 68.3 Å². The van der Waals surface area contributed by atoms with Crippen molar-refractivity contribution >= 4 is 27.2 Å². The monoisotopic (exact) mass is 464 g/mol. The lowest BCUT2D eigenvalue weighted by Crippen LogP contribution is -2.49. The molecule has 5 heterocycles. The standard InChI is InChI=1S/C24H28N6O2S/c1-16-20(14-27-10-11-28-9-3-4-18(28)13-27)33-23-21(16)22-25-15-26-30(22)24(31)29(23)12-17-5-7-19(32-2)8-6-17/h5-8,15,18H,3-4,9-14H2,1-2H3/t18-/m0/s1. The van der Waals surface area contributed by atoms with E-state index in [0.29, 0.717) is 18.2 Å². The lowest BCUT2D eigenvalue weighted by molar-refractivity contribution is 0.100. The van der Waals surface area contributed by atoms with E-state index >= 15 is 0 Å². The lowest BCUT2D eigenvalue weighted by atomic mass is 10.1. The molecule has 0 saturated carbocycles. The van der Waals surface area contributed by atoms with E-state index in [1.165, 1.54) is 40.7 Å². The van der Waals surface area contributed by atoms with Gasteiger partial charge in [0.25, 0.3) is 0 Å². The first-order valence-electron chi connectivity index (χ1n) is 11.6. The highest BCUT2D eigenvalue weighted by Crippen LogP contribution is 2.34.